The van der Waals surface area contributed by atoms with Gasteiger partial charge in [-0.05, 0) is 56.6 Å². The van der Waals surface area contributed by atoms with Gasteiger partial charge in [0.05, 0.1) is 6.10 Å². The molecule has 0 aliphatic carbocycles. The molecule has 1 N–H and O–H groups in total. The van der Waals surface area contributed by atoms with E-state index in [1.807, 2.05) is 0 Å². The Morgan fingerprint density at radius 1 is 1.62 bits per heavy atom. The Balaban J connectivity index is 1.63. The fourth-order valence-corrected chi connectivity index (χ4v) is 2.92. The van der Waals surface area contributed by atoms with Gasteiger partial charge < -0.3 is 10.1 Å². The summed E-state index contributed by atoms with van der Waals surface area (Å²) in [4.78, 5) is 1.33. The van der Waals surface area contributed by atoms with E-state index in [-0.39, 0.29) is 6.10 Å². The highest BCUT2D eigenvalue weighted by Gasteiger charge is 2.13. The molecule has 1 aliphatic heterocycles. The summed E-state index contributed by atoms with van der Waals surface area (Å²) < 4.78 is 5.87. The van der Waals surface area contributed by atoms with E-state index in [1.165, 1.54) is 37.2 Å². The van der Waals surface area contributed by atoms with Crippen LogP contribution in [0.4, 0.5) is 0 Å². The Labute approximate surface area is 102 Å². The minimum Gasteiger partial charge on any atom is -0.373 e. The summed E-state index contributed by atoms with van der Waals surface area (Å²) >= 11 is 1.78. The molecule has 0 amide bonds. The molecule has 1 aliphatic rings. The van der Waals surface area contributed by atoms with Gasteiger partial charge >= 0.3 is 0 Å². The minimum atomic E-state index is 0.261. The third-order valence-electron chi connectivity index (χ3n) is 3.24. The van der Waals surface area contributed by atoms with Gasteiger partial charge in [0.15, 0.2) is 0 Å². The lowest BCUT2D eigenvalue weighted by atomic mass is 9.97. The van der Waals surface area contributed by atoms with Gasteiger partial charge in [-0.2, -0.15) is 0 Å². The van der Waals surface area contributed by atoms with Gasteiger partial charge in [-0.15, -0.1) is 11.3 Å². The molecule has 1 aromatic rings. The first kappa shape index (κ1) is 12.1. The fraction of sp³-hybridized carbons (Fsp3) is 0.692. The number of ether oxygens (including phenoxy) is 1. The molecule has 1 saturated heterocycles. The zero-order chi connectivity index (χ0) is 11.2. The molecular formula is C13H21NOS. The first-order valence-corrected chi connectivity index (χ1v) is 7.10. The van der Waals surface area contributed by atoms with Crippen molar-refractivity contribution < 1.29 is 4.74 Å². The van der Waals surface area contributed by atoms with Crippen molar-refractivity contribution in [2.45, 2.75) is 32.3 Å². The molecule has 2 heterocycles. The average Bonchev–Trinajstić information content (AvgIpc) is 2.84. The van der Waals surface area contributed by atoms with Crippen LogP contribution in [0.1, 0.15) is 37.2 Å². The quantitative estimate of drug-likeness (QED) is 0.852. The van der Waals surface area contributed by atoms with Gasteiger partial charge in [0.2, 0.25) is 0 Å². The van der Waals surface area contributed by atoms with Crippen LogP contribution >= 0.6 is 11.3 Å². The van der Waals surface area contributed by atoms with E-state index in [1.54, 1.807) is 11.3 Å². The van der Waals surface area contributed by atoms with Crippen molar-refractivity contribution >= 4 is 11.3 Å². The van der Waals surface area contributed by atoms with Gasteiger partial charge in [0.25, 0.3) is 0 Å². The van der Waals surface area contributed by atoms with Crippen LogP contribution in [0.2, 0.25) is 0 Å². The van der Waals surface area contributed by atoms with E-state index < -0.39 is 0 Å². The van der Waals surface area contributed by atoms with Crippen molar-refractivity contribution in [3.63, 3.8) is 0 Å². The standard InChI is InChI=1S/C13H21NOS/c1-11(13-5-3-9-16-13)15-8-6-12-4-2-7-14-10-12/h3,5,9,11-12,14H,2,4,6-8,10H2,1H3. The van der Waals surface area contributed by atoms with Crippen LogP contribution in [0.15, 0.2) is 17.5 Å². The lowest BCUT2D eigenvalue weighted by Gasteiger charge is -2.23. The molecule has 3 heteroatoms. The number of piperidine rings is 1. The SMILES string of the molecule is CC(OCCC1CCCNC1)c1cccs1. The van der Waals surface area contributed by atoms with Crippen molar-refractivity contribution in [2.75, 3.05) is 19.7 Å². The minimum absolute atomic E-state index is 0.261. The van der Waals surface area contributed by atoms with Crippen LogP contribution in [0.25, 0.3) is 0 Å². The Kier molecular flexibility index (Phi) is 4.82. The molecule has 0 saturated carbocycles. The lowest BCUT2D eigenvalue weighted by Crippen LogP contribution is -2.30. The lowest BCUT2D eigenvalue weighted by molar-refractivity contribution is 0.0560. The third kappa shape index (κ3) is 3.58. The Morgan fingerprint density at radius 3 is 3.25 bits per heavy atom. The van der Waals surface area contributed by atoms with Crippen molar-refractivity contribution in [3.8, 4) is 0 Å². The molecule has 2 nitrogen and oxygen atoms in total. The Bertz CT molecular complexity index is 280. The molecule has 2 atom stereocenters. The second-order valence-corrected chi connectivity index (χ2v) is 5.51. The summed E-state index contributed by atoms with van der Waals surface area (Å²) in [5.41, 5.74) is 0. The van der Waals surface area contributed by atoms with Crippen LogP contribution in [0.5, 0.6) is 0 Å². The molecule has 16 heavy (non-hydrogen) atoms. The first-order chi connectivity index (χ1) is 7.86. The molecule has 0 spiro atoms. The Hall–Kier alpha value is -0.380. The molecule has 0 radical (unpaired) electrons. The van der Waals surface area contributed by atoms with Gasteiger partial charge in [0.1, 0.15) is 0 Å². The maximum absolute atomic E-state index is 5.87. The summed E-state index contributed by atoms with van der Waals surface area (Å²) in [5.74, 6) is 0.823. The monoisotopic (exact) mass is 239 g/mol. The maximum Gasteiger partial charge on any atom is 0.0888 e. The molecule has 0 aromatic carbocycles. The van der Waals surface area contributed by atoms with Gasteiger partial charge in [-0.1, -0.05) is 6.07 Å². The molecular weight excluding hydrogens is 218 g/mol. The topological polar surface area (TPSA) is 21.3 Å². The molecule has 0 bridgehead atoms. The van der Waals surface area contributed by atoms with E-state index in [4.69, 9.17) is 4.74 Å². The Morgan fingerprint density at radius 2 is 2.56 bits per heavy atom. The zero-order valence-corrected chi connectivity index (χ0v) is 10.8. The molecule has 2 unspecified atom stereocenters. The van der Waals surface area contributed by atoms with Gasteiger partial charge in [-0.25, -0.2) is 0 Å². The average molecular weight is 239 g/mol. The zero-order valence-electron chi connectivity index (χ0n) is 9.95. The van der Waals surface area contributed by atoms with Gasteiger partial charge in [0, 0.05) is 11.5 Å². The highest BCUT2D eigenvalue weighted by Crippen LogP contribution is 2.23. The van der Waals surface area contributed by atoms with Crippen LogP contribution in [0, 0.1) is 5.92 Å². The predicted octanol–water partition coefficient (Wildman–Crippen LogP) is 3.22. The molecule has 1 fully saturated rings. The van der Waals surface area contributed by atoms with E-state index in [2.05, 4.69) is 29.8 Å². The fourth-order valence-electron chi connectivity index (χ4n) is 2.19. The second-order valence-electron chi connectivity index (χ2n) is 4.53. The van der Waals surface area contributed by atoms with E-state index in [0.29, 0.717) is 0 Å². The van der Waals surface area contributed by atoms with Crippen molar-refractivity contribution in [2.24, 2.45) is 5.92 Å². The summed E-state index contributed by atoms with van der Waals surface area (Å²) in [6.07, 6.45) is 4.15. The summed E-state index contributed by atoms with van der Waals surface area (Å²) in [6, 6.07) is 4.24. The molecule has 1 aromatic heterocycles. The number of hydrogen-bond donors (Lipinski definition) is 1. The number of rotatable bonds is 5. The second kappa shape index (κ2) is 6.38. The highest BCUT2D eigenvalue weighted by atomic mass is 32.1. The normalized spacial score (nSPS) is 23.2. The molecule has 90 valence electrons. The smallest absolute Gasteiger partial charge is 0.0888 e. The van der Waals surface area contributed by atoms with Crippen LogP contribution < -0.4 is 5.32 Å². The number of thiophene rings is 1. The predicted molar refractivity (Wildman–Crippen MR) is 68.9 cm³/mol. The van der Waals surface area contributed by atoms with Gasteiger partial charge in [-0.3, -0.25) is 0 Å². The van der Waals surface area contributed by atoms with Crippen LogP contribution in [0.3, 0.4) is 0 Å². The van der Waals surface area contributed by atoms with Crippen molar-refractivity contribution in [1.82, 2.24) is 5.32 Å². The largest absolute Gasteiger partial charge is 0.373 e. The van der Waals surface area contributed by atoms with Crippen LogP contribution in [-0.2, 0) is 4.74 Å². The summed E-state index contributed by atoms with van der Waals surface area (Å²) in [5, 5.41) is 5.56. The number of nitrogens with one attached hydrogen (secondary N) is 1. The maximum atomic E-state index is 5.87. The summed E-state index contributed by atoms with van der Waals surface area (Å²) in [7, 11) is 0. The number of hydrogen-bond acceptors (Lipinski definition) is 3. The first-order valence-electron chi connectivity index (χ1n) is 6.22. The third-order valence-corrected chi connectivity index (χ3v) is 4.27. The highest BCUT2D eigenvalue weighted by molar-refractivity contribution is 7.10. The van der Waals surface area contributed by atoms with Crippen LogP contribution in [-0.4, -0.2) is 19.7 Å². The van der Waals surface area contributed by atoms with E-state index in [0.717, 1.165) is 12.5 Å². The van der Waals surface area contributed by atoms with E-state index in [9.17, 15) is 0 Å². The summed E-state index contributed by atoms with van der Waals surface area (Å²) in [6.45, 7) is 5.41. The van der Waals surface area contributed by atoms with Crippen molar-refractivity contribution in [3.05, 3.63) is 22.4 Å². The van der Waals surface area contributed by atoms with Crippen molar-refractivity contribution in [1.29, 1.82) is 0 Å². The molecule has 2 rings (SSSR count). The van der Waals surface area contributed by atoms with E-state index >= 15 is 0 Å².